The van der Waals surface area contributed by atoms with Crippen molar-refractivity contribution in [1.82, 2.24) is 10.2 Å². The topological polar surface area (TPSA) is 58.4 Å². The molecule has 0 aromatic carbocycles. The molecule has 3 N–H and O–H groups in total. The van der Waals surface area contributed by atoms with E-state index in [2.05, 4.69) is 5.32 Å². The van der Waals surface area contributed by atoms with Crippen molar-refractivity contribution in [3.8, 4) is 0 Å². The van der Waals surface area contributed by atoms with Gasteiger partial charge in [0.15, 0.2) is 0 Å². The molecule has 0 aliphatic heterocycles. The summed E-state index contributed by atoms with van der Waals surface area (Å²) in [5, 5.41) is 3.14. The van der Waals surface area contributed by atoms with Crippen LogP contribution in [-0.2, 0) is 0 Å². The number of carbonyl (C=O) groups is 1. The van der Waals surface area contributed by atoms with Gasteiger partial charge in [-0.15, -0.1) is 0 Å². The monoisotopic (exact) mass is 225 g/mol. The molecule has 2 aliphatic carbocycles. The summed E-state index contributed by atoms with van der Waals surface area (Å²) in [6, 6.07) is 0.972. The molecule has 2 saturated carbocycles. The Kier molecular flexibility index (Phi) is 4.04. The summed E-state index contributed by atoms with van der Waals surface area (Å²) in [6.07, 6.45) is 8.36. The van der Waals surface area contributed by atoms with E-state index in [0.717, 1.165) is 25.7 Å². The molecule has 0 bridgehead atoms. The molecule has 2 fully saturated rings. The third-order valence-electron chi connectivity index (χ3n) is 3.83. The van der Waals surface area contributed by atoms with Crippen LogP contribution < -0.4 is 11.1 Å². The van der Waals surface area contributed by atoms with Gasteiger partial charge in [-0.1, -0.05) is 12.8 Å². The summed E-state index contributed by atoms with van der Waals surface area (Å²) in [6.45, 7) is 1.26. The molecule has 0 atom stereocenters. The molecule has 2 aliphatic rings. The molecule has 92 valence electrons. The van der Waals surface area contributed by atoms with Crippen LogP contribution in [0.1, 0.15) is 44.9 Å². The average Bonchev–Trinajstić information content (AvgIpc) is 2.67. The Morgan fingerprint density at radius 1 is 1.19 bits per heavy atom. The van der Waals surface area contributed by atoms with E-state index in [4.69, 9.17) is 5.73 Å². The van der Waals surface area contributed by atoms with Gasteiger partial charge in [0, 0.05) is 25.2 Å². The molecule has 2 amide bonds. The lowest BCUT2D eigenvalue weighted by atomic mass is 9.91. The average molecular weight is 225 g/mol. The summed E-state index contributed by atoms with van der Waals surface area (Å²) in [4.78, 5) is 14.0. The molecule has 0 aromatic rings. The number of hydrogen-bond acceptors (Lipinski definition) is 2. The molecule has 4 heteroatoms. The SMILES string of the molecule is NCCN(C(=O)NC1CCCC1)C1CCC1. The Morgan fingerprint density at radius 2 is 1.88 bits per heavy atom. The van der Waals surface area contributed by atoms with Gasteiger partial charge < -0.3 is 16.0 Å². The normalized spacial score (nSPS) is 21.8. The van der Waals surface area contributed by atoms with Gasteiger partial charge in [0.1, 0.15) is 0 Å². The maximum Gasteiger partial charge on any atom is 0.317 e. The van der Waals surface area contributed by atoms with Gasteiger partial charge in [-0.2, -0.15) is 0 Å². The second kappa shape index (κ2) is 5.53. The Balaban J connectivity index is 1.82. The molecular formula is C12H23N3O. The van der Waals surface area contributed by atoms with E-state index < -0.39 is 0 Å². The predicted molar refractivity (Wildman–Crippen MR) is 64.2 cm³/mol. The van der Waals surface area contributed by atoms with Crippen molar-refractivity contribution in [1.29, 1.82) is 0 Å². The van der Waals surface area contributed by atoms with E-state index in [1.807, 2.05) is 4.90 Å². The predicted octanol–water partition coefficient (Wildman–Crippen LogP) is 1.45. The second-order valence-corrected chi connectivity index (χ2v) is 5.00. The number of rotatable bonds is 4. The molecule has 0 unspecified atom stereocenters. The first kappa shape index (κ1) is 11.7. The molecule has 4 nitrogen and oxygen atoms in total. The lowest BCUT2D eigenvalue weighted by molar-refractivity contribution is 0.137. The van der Waals surface area contributed by atoms with Crippen molar-refractivity contribution in [2.75, 3.05) is 13.1 Å². The van der Waals surface area contributed by atoms with Gasteiger partial charge in [0.25, 0.3) is 0 Å². The minimum absolute atomic E-state index is 0.113. The number of hydrogen-bond donors (Lipinski definition) is 2. The van der Waals surface area contributed by atoms with E-state index in [1.165, 1.54) is 19.3 Å². The summed E-state index contributed by atoms with van der Waals surface area (Å²) in [7, 11) is 0. The molecule has 0 radical (unpaired) electrons. The van der Waals surface area contributed by atoms with Gasteiger partial charge in [-0.3, -0.25) is 0 Å². The first-order valence-corrected chi connectivity index (χ1v) is 6.58. The van der Waals surface area contributed by atoms with Gasteiger partial charge >= 0.3 is 6.03 Å². The van der Waals surface area contributed by atoms with Crippen LogP contribution in [0.25, 0.3) is 0 Å². The zero-order valence-corrected chi connectivity index (χ0v) is 9.95. The maximum absolute atomic E-state index is 12.1. The van der Waals surface area contributed by atoms with Crippen molar-refractivity contribution < 1.29 is 4.79 Å². The Bertz CT molecular complexity index is 234. The van der Waals surface area contributed by atoms with E-state index >= 15 is 0 Å². The van der Waals surface area contributed by atoms with Crippen molar-refractivity contribution >= 4 is 6.03 Å². The summed E-state index contributed by atoms with van der Waals surface area (Å²) in [5.41, 5.74) is 5.57. The smallest absolute Gasteiger partial charge is 0.317 e. The summed E-state index contributed by atoms with van der Waals surface area (Å²) in [5.74, 6) is 0. The Hall–Kier alpha value is -0.770. The van der Waals surface area contributed by atoms with Crippen LogP contribution in [-0.4, -0.2) is 36.1 Å². The first-order chi connectivity index (χ1) is 7.81. The fraction of sp³-hybridized carbons (Fsp3) is 0.917. The number of urea groups is 1. The van der Waals surface area contributed by atoms with Crippen LogP contribution in [0.4, 0.5) is 4.79 Å². The Morgan fingerprint density at radius 3 is 2.38 bits per heavy atom. The third-order valence-corrected chi connectivity index (χ3v) is 3.83. The highest BCUT2D eigenvalue weighted by Gasteiger charge is 2.29. The van der Waals surface area contributed by atoms with E-state index in [9.17, 15) is 4.79 Å². The zero-order chi connectivity index (χ0) is 11.4. The van der Waals surface area contributed by atoms with Crippen LogP contribution in [0.15, 0.2) is 0 Å². The standard InChI is InChI=1S/C12H23N3O/c13-8-9-15(11-6-3-7-11)12(16)14-10-4-1-2-5-10/h10-11H,1-9,13H2,(H,14,16). The van der Waals surface area contributed by atoms with Crippen molar-refractivity contribution in [2.24, 2.45) is 5.73 Å². The second-order valence-electron chi connectivity index (χ2n) is 5.00. The molecule has 0 heterocycles. The van der Waals surface area contributed by atoms with E-state index in [1.54, 1.807) is 0 Å². The molecule has 16 heavy (non-hydrogen) atoms. The summed E-state index contributed by atoms with van der Waals surface area (Å²) < 4.78 is 0. The van der Waals surface area contributed by atoms with Crippen molar-refractivity contribution in [3.05, 3.63) is 0 Å². The van der Waals surface area contributed by atoms with E-state index in [-0.39, 0.29) is 6.03 Å². The van der Waals surface area contributed by atoms with Crippen LogP contribution in [0, 0.1) is 0 Å². The highest BCUT2D eigenvalue weighted by atomic mass is 16.2. The first-order valence-electron chi connectivity index (χ1n) is 6.58. The molecule has 0 saturated heterocycles. The fourth-order valence-corrected chi connectivity index (χ4v) is 2.62. The molecular weight excluding hydrogens is 202 g/mol. The molecule has 0 aromatic heterocycles. The van der Waals surface area contributed by atoms with Gasteiger partial charge in [0.2, 0.25) is 0 Å². The van der Waals surface area contributed by atoms with E-state index in [0.29, 0.717) is 25.2 Å². The zero-order valence-electron chi connectivity index (χ0n) is 9.95. The number of carbonyl (C=O) groups excluding carboxylic acids is 1. The lowest BCUT2D eigenvalue weighted by Crippen LogP contribution is -2.52. The minimum atomic E-state index is 0.113. The van der Waals surface area contributed by atoms with Crippen molar-refractivity contribution in [2.45, 2.75) is 57.0 Å². The number of nitrogens with one attached hydrogen (secondary N) is 1. The molecule has 2 rings (SSSR count). The number of nitrogens with zero attached hydrogens (tertiary/aromatic N) is 1. The fourth-order valence-electron chi connectivity index (χ4n) is 2.62. The van der Waals surface area contributed by atoms with Crippen molar-refractivity contribution in [3.63, 3.8) is 0 Å². The highest BCUT2D eigenvalue weighted by molar-refractivity contribution is 5.75. The quantitative estimate of drug-likeness (QED) is 0.761. The minimum Gasteiger partial charge on any atom is -0.335 e. The maximum atomic E-state index is 12.1. The van der Waals surface area contributed by atoms with Crippen LogP contribution in [0.3, 0.4) is 0 Å². The van der Waals surface area contributed by atoms with Crippen LogP contribution in [0.5, 0.6) is 0 Å². The number of nitrogens with two attached hydrogens (primary N) is 1. The molecule has 0 spiro atoms. The van der Waals surface area contributed by atoms with Gasteiger partial charge in [-0.05, 0) is 32.1 Å². The summed E-state index contributed by atoms with van der Waals surface area (Å²) >= 11 is 0. The third kappa shape index (κ3) is 2.67. The largest absolute Gasteiger partial charge is 0.335 e. The van der Waals surface area contributed by atoms with Gasteiger partial charge in [0.05, 0.1) is 0 Å². The van der Waals surface area contributed by atoms with Crippen LogP contribution >= 0.6 is 0 Å². The number of amides is 2. The Labute approximate surface area is 97.6 Å². The van der Waals surface area contributed by atoms with Crippen LogP contribution in [0.2, 0.25) is 0 Å². The lowest BCUT2D eigenvalue weighted by Gasteiger charge is -2.37. The van der Waals surface area contributed by atoms with Gasteiger partial charge in [-0.25, -0.2) is 4.79 Å². The highest BCUT2D eigenvalue weighted by Crippen LogP contribution is 2.25.